The first-order valence-corrected chi connectivity index (χ1v) is 12.8. The summed E-state index contributed by atoms with van der Waals surface area (Å²) in [7, 11) is 0. The van der Waals surface area contributed by atoms with Crippen molar-refractivity contribution in [1.29, 1.82) is 5.26 Å². The highest BCUT2D eigenvalue weighted by Gasteiger charge is 2.16. The lowest BCUT2D eigenvalue weighted by Gasteiger charge is -2.13. The zero-order chi connectivity index (χ0) is 26.0. The molecule has 1 heterocycles. The van der Waals surface area contributed by atoms with Gasteiger partial charge in [0.05, 0.1) is 23.4 Å². The topological polar surface area (TPSA) is 92.1 Å². The number of anilines is 1. The summed E-state index contributed by atoms with van der Waals surface area (Å²) in [6.45, 7) is 2.05. The van der Waals surface area contributed by atoms with E-state index in [0.29, 0.717) is 34.2 Å². The van der Waals surface area contributed by atoms with Crippen molar-refractivity contribution in [2.24, 2.45) is 0 Å². The van der Waals surface area contributed by atoms with Crippen LogP contribution < -0.4 is 5.32 Å². The van der Waals surface area contributed by atoms with Gasteiger partial charge in [0.2, 0.25) is 5.91 Å². The fourth-order valence-electron chi connectivity index (χ4n) is 3.70. The van der Waals surface area contributed by atoms with Gasteiger partial charge < -0.3 is 10.1 Å². The number of benzene rings is 3. The minimum absolute atomic E-state index is 0.169. The summed E-state index contributed by atoms with van der Waals surface area (Å²) in [6.07, 6.45) is 0.229. The Morgan fingerprint density at radius 3 is 2.22 bits per heavy atom. The molecule has 0 radical (unpaired) electrons. The molecule has 0 aliphatic rings. The number of carbonyl (C=O) groups is 2. The number of ether oxygens (including phenoxy) is 1. The number of rotatable bonds is 9. The quantitative estimate of drug-likeness (QED) is 0.203. The van der Waals surface area contributed by atoms with Gasteiger partial charge >= 0.3 is 5.97 Å². The molecule has 0 fully saturated rings. The van der Waals surface area contributed by atoms with Crippen molar-refractivity contribution in [3.63, 3.8) is 0 Å². The Morgan fingerprint density at radius 1 is 0.946 bits per heavy atom. The molecule has 37 heavy (non-hydrogen) atoms. The molecule has 4 aromatic rings. The van der Waals surface area contributed by atoms with Gasteiger partial charge in [-0.1, -0.05) is 60.7 Å². The van der Waals surface area contributed by atoms with Gasteiger partial charge in [-0.25, -0.2) is 9.78 Å². The molecule has 3 aromatic carbocycles. The van der Waals surface area contributed by atoms with Crippen molar-refractivity contribution < 1.29 is 14.3 Å². The summed E-state index contributed by atoms with van der Waals surface area (Å²) < 4.78 is 4.98. The monoisotopic (exact) mass is 507 g/mol. The van der Waals surface area contributed by atoms with Crippen LogP contribution >= 0.6 is 11.8 Å². The Bertz CT molecular complexity index is 1420. The van der Waals surface area contributed by atoms with Crippen LogP contribution in [0.1, 0.15) is 29.3 Å². The van der Waals surface area contributed by atoms with E-state index in [1.165, 1.54) is 11.8 Å². The molecule has 0 spiro atoms. The normalized spacial score (nSPS) is 10.4. The zero-order valence-electron chi connectivity index (χ0n) is 20.3. The van der Waals surface area contributed by atoms with Crippen LogP contribution in [-0.2, 0) is 9.53 Å². The summed E-state index contributed by atoms with van der Waals surface area (Å²) in [5, 5.41) is 13.4. The Hall–Kier alpha value is -4.41. The Morgan fingerprint density at radius 2 is 1.59 bits per heavy atom. The molecule has 0 saturated carbocycles. The second kappa shape index (κ2) is 12.5. The van der Waals surface area contributed by atoms with E-state index in [1.807, 2.05) is 66.7 Å². The first-order valence-electron chi connectivity index (χ1n) is 11.8. The lowest BCUT2D eigenvalue weighted by Crippen LogP contribution is -2.12. The largest absolute Gasteiger partial charge is 0.462 e. The highest BCUT2D eigenvalue weighted by atomic mass is 32.2. The Kier molecular flexibility index (Phi) is 8.69. The first-order chi connectivity index (χ1) is 18.1. The fraction of sp³-hybridized carbons (Fsp3) is 0.133. The van der Waals surface area contributed by atoms with Crippen LogP contribution in [0.3, 0.4) is 0 Å². The molecule has 0 aliphatic carbocycles. The molecule has 1 N–H and O–H groups in total. The summed E-state index contributed by atoms with van der Waals surface area (Å²) in [5.74, 6) is -0.122. The number of aromatic nitrogens is 1. The van der Waals surface area contributed by atoms with Crippen molar-refractivity contribution >= 4 is 29.3 Å². The molecule has 6 nitrogen and oxygen atoms in total. The number of esters is 1. The van der Waals surface area contributed by atoms with E-state index in [1.54, 1.807) is 31.2 Å². The summed E-state index contributed by atoms with van der Waals surface area (Å²) in [6, 6.07) is 30.4. The number of nitriles is 1. The highest BCUT2D eigenvalue weighted by Crippen LogP contribution is 2.34. The third-order valence-corrected chi connectivity index (χ3v) is 6.48. The number of carbonyl (C=O) groups excluding carboxylic acids is 2. The third-order valence-electron chi connectivity index (χ3n) is 5.50. The van der Waals surface area contributed by atoms with E-state index in [-0.39, 0.29) is 12.3 Å². The van der Waals surface area contributed by atoms with E-state index in [0.717, 1.165) is 22.4 Å². The minimum Gasteiger partial charge on any atom is -0.462 e. The molecule has 0 bridgehead atoms. The maximum Gasteiger partial charge on any atom is 0.338 e. The molecular weight excluding hydrogens is 482 g/mol. The minimum atomic E-state index is -0.398. The summed E-state index contributed by atoms with van der Waals surface area (Å²) >= 11 is 1.38. The van der Waals surface area contributed by atoms with E-state index >= 15 is 0 Å². The number of amides is 1. The lowest BCUT2D eigenvalue weighted by atomic mass is 9.99. The van der Waals surface area contributed by atoms with Crippen molar-refractivity contribution in [3.8, 4) is 28.5 Å². The lowest BCUT2D eigenvalue weighted by molar-refractivity contribution is -0.115. The predicted octanol–water partition coefficient (Wildman–Crippen LogP) is 6.58. The molecule has 0 unspecified atom stereocenters. The van der Waals surface area contributed by atoms with Gasteiger partial charge in [0, 0.05) is 29.0 Å². The Balaban J connectivity index is 1.49. The van der Waals surface area contributed by atoms with Crippen molar-refractivity contribution in [1.82, 2.24) is 4.98 Å². The van der Waals surface area contributed by atoms with Crippen LogP contribution in [0, 0.1) is 11.3 Å². The van der Waals surface area contributed by atoms with Crippen LogP contribution in [0.25, 0.3) is 22.4 Å². The second-order valence-electron chi connectivity index (χ2n) is 8.02. The molecule has 184 valence electrons. The van der Waals surface area contributed by atoms with Gasteiger partial charge in [0.15, 0.2) is 0 Å². The number of thioether (sulfide) groups is 1. The molecular formula is C30H25N3O3S. The van der Waals surface area contributed by atoms with Gasteiger partial charge in [-0.05, 0) is 42.8 Å². The third kappa shape index (κ3) is 6.63. The van der Waals surface area contributed by atoms with Crippen molar-refractivity contribution in [2.45, 2.75) is 18.4 Å². The number of hydrogen-bond acceptors (Lipinski definition) is 6. The summed E-state index contributed by atoms with van der Waals surface area (Å²) in [4.78, 5) is 29.1. The number of nitrogens with zero attached hydrogens (tertiary/aromatic N) is 2. The van der Waals surface area contributed by atoms with Crippen LogP contribution in [0.4, 0.5) is 5.69 Å². The van der Waals surface area contributed by atoms with Crippen LogP contribution in [0.2, 0.25) is 0 Å². The maximum absolute atomic E-state index is 12.6. The Labute approximate surface area is 220 Å². The SMILES string of the molecule is CCOC(=O)c1ccc(NC(=O)CCSc2nc(-c3ccccc3)cc(-c3ccccc3)c2C#N)cc1. The molecule has 0 atom stereocenters. The number of hydrogen-bond donors (Lipinski definition) is 1. The van der Waals surface area contributed by atoms with Gasteiger partial charge in [-0.15, -0.1) is 11.8 Å². The van der Waals surface area contributed by atoms with Gasteiger partial charge in [0.25, 0.3) is 0 Å². The average molecular weight is 508 g/mol. The molecule has 7 heteroatoms. The fourth-order valence-corrected chi connectivity index (χ4v) is 4.65. The smallest absolute Gasteiger partial charge is 0.338 e. The van der Waals surface area contributed by atoms with Gasteiger partial charge in [0.1, 0.15) is 11.1 Å². The highest BCUT2D eigenvalue weighted by molar-refractivity contribution is 7.99. The number of nitrogens with one attached hydrogen (secondary N) is 1. The maximum atomic E-state index is 12.6. The van der Waals surface area contributed by atoms with Gasteiger partial charge in [-0.3, -0.25) is 4.79 Å². The number of pyridine rings is 1. The zero-order valence-corrected chi connectivity index (χ0v) is 21.1. The molecule has 1 amide bonds. The first kappa shape index (κ1) is 25.7. The van der Waals surface area contributed by atoms with Crippen LogP contribution in [0.15, 0.2) is 96.0 Å². The average Bonchev–Trinajstić information content (AvgIpc) is 2.94. The van der Waals surface area contributed by atoms with Crippen LogP contribution in [-0.4, -0.2) is 29.2 Å². The van der Waals surface area contributed by atoms with Crippen molar-refractivity contribution in [2.75, 3.05) is 17.7 Å². The standard InChI is InChI=1S/C30H25N3O3S/c1-2-36-30(35)23-13-15-24(16-14-23)32-28(34)17-18-37-29-26(20-31)25(21-9-5-3-6-10-21)19-27(33-29)22-11-7-4-8-12-22/h3-16,19H,2,17-18H2,1H3,(H,32,34). The van der Waals surface area contributed by atoms with Crippen LogP contribution in [0.5, 0.6) is 0 Å². The molecule has 0 saturated heterocycles. The van der Waals surface area contributed by atoms with E-state index in [9.17, 15) is 14.9 Å². The van der Waals surface area contributed by atoms with E-state index in [4.69, 9.17) is 9.72 Å². The van der Waals surface area contributed by atoms with E-state index in [2.05, 4.69) is 11.4 Å². The molecule has 0 aliphatic heterocycles. The second-order valence-corrected chi connectivity index (χ2v) is 9.11. The van der Waals surface area contributed by atoms with Gasteiger partial charge in [-0.2, -0.15) is 5.26 Å². The predicted molar refractivity (Wildman–Crippen MR) is 146 cm³/mol. The van der Waals surface area contributed by atoms with Crippen molar-refractivity contribution in [3.05, 3.63) is 102 Å². The summed E-state index contributed by atoms with van der Waals surface area (Å²) in [5.41, 5.74) is 4.98. The molecule has 1 aromatic heterocycles. The van der Waals surface area contributed by atoms with E-state index < -0.39 is 5.97 Å². The molecule has 4 rings (SSSR count).